The Labute approximate surface area is 195 Å². The third-order valence-corrected chi connectivity index (χ3v) is 5.68. The molecule has 0 saturated heterocycles. The molecule has 9 nitrogen and oxygen atoms in total. The number of amides is 2. The minimum absolute atomic E-state index is 0.121. The Morgan fingerprint density at radius 1 is 1.09 bits per heavy atom. The van der Waals surface area contributed by atoms with Gasteiger partial charge >= 0.3 is 0 Å². The highest BCUT2D eigenvalue weighted by atomic mass is 35.5. The van der Waals surface area contributed by atoms with Gasteiger partial charge in [0.15, 0.2) is 5.69 Å². The van der Waals surface area contributed by atoms with E-state index in [-0.39, 0.29) is 18.1 Å². The number of halogens is 1. The largest absolute Gasteiger partial charge is 0.467 e. The number of aromatic nitrogens is 4. The number of carbonyl (C=O) groups is 2. The Bertz CT molecular complexity index is 1290. The second kappa shape index (κ2) is 9.33. The van der Waals surface area contributed by atoms with Gasteiger partial charge < -0.3 is 15.1 Å². The number of nitrogens with one attached hydrogen (secondary N) is 2. The predicted octanol–water partition coefficient (Wildman–Crippen LogP) is 3.71. The molecule has 0 aliphatic rings. The van der Waals surface area contributed by atoms with Gasteiger partial charge in [0, 0.05) is 18.8 Å². The zero-order chi connectivity index (χ0) is 23.5. The van der Waals surface area contributed by atoms with E-state index >= 15 is 0 Å². The fourth-order valence-corrected chi connectivity index (χ4v) is 3.51. The number of furan rings is 1. The average molecular weight is 467 g/mol. The Morgan fingerprint density at radius 2 is 1.85 bits per heavy atom. The van der Waals surface area contributed by atoms with Gasteiger partial charge in [-0.15, -0.1) is 0 Å². The molecule has 0 unspecified atom stereocenters. The van der Waals surface area contributed by atoms with Gasteiger partial charge in [-0.25, -0.2) is 0 Å². The predicted molar refractivity (Wildman–Crippen MR) is 123 cm³/mol. The van der Waals surface area contributed by atoms with Crippen molar-refractivity contribution in [2.45, 2.75) is 26.9 Å². The molecule has 4 aromatic rings. The lowest BCUT2D eigenvalue weighted by Crippen LogP contribution is -2.25. The molecule has 2 amide bonds. The van der Waals surface area contributed by atoms with Crippen LogP contribution in [0.1, 0.15) is 43.6 Å². The van der Waals surface area contributed by atoms with Crippen LogP contribution in [0.2, 0.25) is 5.02 Å². The molecule has 1 aromatic carbocycles. The fraction of sp³-hybridized carbons (Fsp3) is 0.217. The van der Waals surface area contributed by atoms with Crippen LogP contribution in [-0.2, 0) is 20.1 Å². The molecule has 10 heteroatoms. The van der Waals surface area contributed by atoms with Gasteiger partial charge in [0.1, 0.15) is 5.76 Å². The van der Waals surface area contributed by atoms with Crippen molar-refractivity contribution in [1.82, 2.24) is 24.9 Å². The summed E-state index contributed by atoms with van der Waals surface area (Å²) in [6.07, 6.45) is 3.12. The molecule has 33 heavy (non-hydrogen) atoms. The normalized spacial score (nSPS) is 10.9. The van der Waals surface area contributed by atoms with E-state index in [4.69, 9.17) is 16.0 Å². The summed E-state index contributed by atoms with van der Waals surface area (Å²) in [5, 5.41) is 14.8. The maximum Gasteiger partial charge on any atom is 0.274 e. The van der Waals surface area contributed by atoms with Gasteiger partial charge in [0.05, 0.1) is 41.5 Å². The van der Waals surface area contributed by atoms with Crippen molar-refractivity contribution in [3.63, 3.8) is 0 Å². The van der Waals surface area contributed by atoms with Crippen LogP contribution in [0.25, 0.3) is 0 Å². The van der Waals surface area contributed by atoms with Crippen molar-refractivity contribution < 1.29 is 14.0 Å². The number of hydrogen-bond acceptors (Lipinski definition) is 5. The zero-order valence-corrected chi connectivity index (χ0v) is 19.2. The second-order valence-electron chi connectivity index (χ2n) is 7.62. The van der Waals surface area contributed by atoms with Crippen molar-refractivity contribution in [3.05, 3.63) is 87.8 Å². The monoisotopic (exact) mass is 466 g/mol. The Balaban J connectivity index is 1.43. The molecular weight excluding hydrogens is 444 g/mol. The quantitative estimate of drug-likeness (QED) is 0.431. The standard InChI is InChI=1S/C23H23ClN6O3/c1-14-20(24)15(2)30(27-14)12-16-6-8-17(9-7-16)22(31)26-19-13-29(3)28-21(19)23(32)25-11-18-5-4-10-33-18/h4-10,13H,11-12H2,1-3H3,(H,25,32)(H,26,31). The third-order valence-electron chi connectivity index (χ3n) is 5.14. The Morgan fingerprint density at radius 3 is 2.48 bits per heavy atom. The van der Waals surface area contributed by atoms with Gasteiger partial charge in [-0.05, 0) is 43.7 Å². The summed E-state index contributed by atoms with van der Waals surface area (Å²) in [4.78, 5) is 25.4. The molecule has 170 valence electrons. The van der Waals surface area contributed by atoms with Crippen LogP contribution in [0.4, 0.5) is 5.69 Å². The number of anilines is 1. The van der Waals surface area contributed by atoms with Crippen LogP contribution < -0.4 is 10.6 Å². The van der Waals surface area contributed by atoms with Gasteiger partial charge in [-0.3, -0.25) is 19.0 Å². The number of carbonyl (C=O) groups excluding carboxylic acids is 2. The van der Waals surface area contributed by atoms with E-state index in [2.05, 4.69) is 20.8 Å². The molecule has 0 spiro atoms. The smallest absolute Gasteiger partial charge is 0.274 e. The van der Waals surface area contributed by atoms with E-state index in [9.17, 15) is 9.59 Å². The lowest BCUT2D eigenvalue weighted by Gasteiger charge is -2.08. The number of nitrogens with zero attached hydrogens (tertiary/aromatic N) is 4. The van der Waals surface area contributed by atoms with Crippen LogP contribution in [0.3, 0.4) is 0 Å². The SMILES string of the molecule is Cc1nn(Cc2ccc(C(=O)Nc3cn(C)nc3C(=O)NCc3ccco3)cc2)c(C)c1Cl. The number of rotatable bonds is 7. The summed E-state index contributed by atoms with van der Waals surface area (Å²) in [5.41, 5.74) is 3.55. The van der Waals surface area contributed by atoms with E-state index in [1.54, 1.807) is 37.5 Å². The first-order valence-corrected chi connectivity index (χ1v) is 10.6. The van der Waals surface area contributed by atoms with Gasteiger partial charge in [0.25, 0.3) is 11.8 Å². The maximum atomic E-state index is 12.8. The molecule has 3 heterocycles. The number of hydrogen-bond donors (Lipinski definition) is 2. The van der Waals surface area contributed by atoms with Gasteiger partial charge in [-0.1, -0.05) is 23.7 Å². The van der Waals surface area contributed by atoms with E-state index in [1.165, 1.54) is 10.9 Å². The van der Waals surface area contributed by atoms with E-state index in [0.717, 1.165) is 17.0 Å². The molecule has 0 aliphatic heterocycles. The van der Waals surface area contributed by atoms with E-state index in [1.807, 2.05) is 30.7 Å². The summed E-state index contributed by atoms with van der Waals surface area (Å²) in [6.45, 7) is 4.55. The highest BCUT2D eigenvalue weighted by molar-refractivity contribution is 6.31. The third kappa shape index (κ3) is 4.98. The summed E-state index contributed by atoms with van der Waals surface area (Å²) >= 11 is 6.21. The molecule has 4 rings (SSSR count). The average Bonchev–Trinajstić information content (AvgIpc) is 3.50. The van der Waals surface area contributed by atoms with Crippen molar-refractivity contribution in [2.24, 2.45) is 7.05 Å². The van der Waals surface area contributed by atoms with Crippen LogP contribution in [0.15, 0.2) is 53.3 Å². The minimum Gasteiger partial charge on any atom is -0.467 e. The first-order valence-electron chi connectivity index (χ1n) is 10.3. The zero-order valence-electron chi connectivity index (χ0n) is 18.4. The topological polar surface area (TPSA) is 107 Å². The summed E-state index contributed by atoms with van der Waals surface area (Å²) in [7, 11) is 1.68. The Kier molecular flexibility index (Phi) is 6.32. The van der Waals surface area contributed by atoms with Crippen molar-refractivity contribution in [3.8, 4) is 0 Å². The molecule has 0 aliphatic carbocycles. The van der Waals surface area contributed by atoms with Crippen LogP contribution >= 0.6 is 11.6 Å². The van der Waals surface area contributed by atoms with Crippen LogP contribution in [-0.4, -0.2) is 31.4 Å². The highest BCUT2D eigenvalue weighted by Gasteiger charge is 2.19. The second-order valence-corrected chi connectivity index (χ2v) is 8.00. The van der Waals surface area contributed by atoms with Crippen molar-refractivity contribution in [1.29, 1.82) is 0 Å². The number of benzene rings is 1. The first-order chi connectivity index (χ1) is 15.8. The molecule has 0 atom stereocenters. The molecule has 2 N–H and O–H groups in total. The lowest BCUT2D eigenvalue weighted by atomic mass is 10.1. The van der Waals surface area contributed by atoms with Crippen LogP contribution in [0.5, 0.6) is 0 Å². The molecular formula is C23H23ClN6O3. The molecule has 0 bridgehead atoms. The first kappa shape index (κ1) is 22.3. The number of aryl methyl sites for hydroxylation is 2. The van der Waals surface area contributed by atoms with E-state index < -0.39 is 5.91 Å². The molecule has 0 fully saturated rings. The Hall–Kier alpha value is -3.85. The molecule has 3 aromatic heterocycles. The minimum atomic E-state index is -0.416. The molecule has 0 radical (unpaired) electrons. The summed E-state index contributed by atoms with van der Waals surface area (Å²) < 4.78 is 8.52. The summed E-state index contributed by atoms with van der Waals surface area (Å²) in [6, 6.07) is 10.7. The fourth-order valence-electron chi connectivity index (χ4n) is 3.37. The van der Waals surface area contributed by atoms with E-state index in [0.29, 0.717) is 28.6 Å². The highest BCUT2D eigenvalue weighted by Crippen LogP contribution is 2.20. The summed E-state index contributed by atoms with van der Waals surface area (Å²) in [5.74, 6) is -0.141. The van der Waals surface area contributed by atoms with Crippen LogP contribution in [0, 0.1) is 13.8 Å². The van der Waals surface area contributed by atoms with Gasteiger partial charge in [0.2, 0.25) is 0 Å². The molecule has 0 saturated carbocycles. The van der Waals surface area contributed by atoms with Crippen molar-refractivity contribution in [2.75, 3.05) is 5.32 Å². The lowest BCUT2D eigenvalue weighted by molar-refractivity contribution is 0.0943. The van der Waals surface area contributed by atoms with Crippen molar-refractivity contribution >= 4 is 29.1 Å². The van der Waals surface area contributed by atoms with Gasteiger partial charge in [-0.2, -0.15) is 10.2 Å². The maximum absolute atomic E-state index is 12.8.